The van der Waals surface area contributed by atoms with E-state index in [1.165, 1.54) is 38.1 Å². The number of anilines is 3. The van der Waals surface area contributed by atoms with Gasteiger partial charge in [-0.1, -0.05) is 121 Å². The Morgan fingerprint density at radius 3 is 1.91 bits per heavy atom. The molecular weight excluding hydrogens is 534 g/mol. The second kappa shape index (κ2) is 9.86. The number of furan rings is 1. The summed E-state index contributed by atoms with van der Waals surface area (Å²) in [5.41, 5.74) is 7.48. The van der Waals surface area contributed by atoms with Crippen molar-refractivity contribution in [1.29, 1.82) is 0 Å². The topological polar surface area (TPSA) is 16.4 Å². The van der Waals surface area contributed by atoms with Crippen LogP contribution in [0.25, 0.3) is 65.4 Å². The lowest BCUT2D eigenvalue weighted by molar-refractivity contribution is 0.672. The molecule has 2 heteroatoms. The van der Waals surface area contributed by atoms with Crippen molar-refractivity contribution in [2.24, 2.45) is 0 Å². The van der Waals surface area contributed by atoms with Gasteiger partial charge < -0.3 is 9.32 Å². The fourth-order valence-electron chi connectivity index (χ4n) is 6.73. The highest BCUT2D eigenvalue weighted by Crippen LogP contribution is 2.46. The van der Waals surface area contributed by atoms with E-state index >= 15 is 0 Å². The molecule has 0 aliphatic heterocycles. The SMILES string of the molecule is c1cc(-c2ccc3ccccc3c2)cc(N(c2cccc3ccccc23)c2cccc3oc4c5ccccc5ccc4c23)c1. The Bertz CT molecular complexity index is 2520. The van der Waals surface area contributed by atoms with E-state index in [0.717, 1.165) is 44.4 Å². The van der Waals surface area contributed by atoms with Crippen molar-refractivity contribution >= 4 is 71.3 Å². The molecule has 0 amide bonds. The van der Waals surface area contributed by atoms with Gasteiger partial charge in [0.05, 0.1) is 16.8 Å². The largest absolute Gasteiger partial charge is 0.455 e. The Hall–Kier alpha value is -5.86. The molecule has 0 aliphatic rings. The van der Waals surface area contributed by atoms with Crippen molar-refractivity contribution in [3.05, 3.63) is 164 Å². The minimum Gasteiger partial charge on any atom is -0.455 e. The van der Waals surface area contributed by atoms with Gasteiger partial charge in [0.1, 0.15) is 11.2 Å². The first-order chi connectivity index (χ1) is 21.8. The highest BCUT2D eigenvalue weighted by Gasteiger charge is 2.22. The fraction of sp³-hybridized carbons (Fsp3) is 0. The molecule has 0 fully saturated rings. The van der Waals surface area contributed by atoms with Gasteiger partial charge in [-0.25, -0.2) is 0 Å². The summed E-state index contributed by atoms with van der Waals surface area (Å²) in [7, 11) is 0. The number of benzene rings is 8. The maximum Gasteiger partial charge on any atom is 0.143 e. The number of hydrogen-bond donors (Lipinski definition) is 0. The second-order valence-corrected chi connectivity index (χ2v) is 11.4. The molecule has 2 nitrogen and oxygen atoms in total. The van der Waals surface area contributed by atoms with Crippen LogP contribution in [0.2, 0.25) is 0 Å². The van der Waals surface area contributed by atoms with E-state index in [1.807, 2.05) is 0 Å². The highest BCUT2D eigenvalue weighted by molar-refractivity contribution is 6.20. The summed E-state index contributed by atoms with van der Waals surface area (Å²) < 4.78 is 6.62. The Morgan fingerprint density at radius 2 is 1.02 bits per heavy atom. The Labute approximate surface area is 255 Å². The number of rotatable bonds is 4. The van der Waals surface area contributed by atoms with Crippen LogP contribution < -0.4 is 4.90 Å². The molecule has 44 heavy (non-hydrogen) atoms. The monoisotopic (exact) mass is 561 g/mol. The molecule has 0 aliphatic carbocycles. The molecule has 0 atom stereocenters. The van der Waals surface area contributed by atoms with Crippen LogP contribution in [0.4, 0.5) is 17.1 Å². The fourth-order valence-corrected chi connectivity index (χ4v) is 6.73. The molecule has 0 radical (unpaired) electrons. The van der Waals surface area contributed by atoms with Crippen LogP contribution in [0.1, 0.15) is 0 Å². The van der Waals surface area contributed by atoms with E-state index in [-0.39, 0.29) is 0 Å². The molecule has 9 aromatic rings. The van der Waals surface area contributed by atoms with Gasteiger partial charge in [0, 0.05) is 21.8 Å². The molecule has 8 aromatic carbocycles. The summed E-state index contributed by atoms with van der Waals surface area (Å²) >= 11 is 0. The van der Waals surface area contributed by atoms with Crippen LogP contribution in [0.3, 0.4) is 0 Å². The number of fused-ring (bicyclic) bond motifs is 7. The van der Waals surface area contributed by atoms with Gasteiger partial charge in [0.25, 0.3) is 0 Å². The summed E-state index contributed by atoms with van der Waals surface area (Å²) in [6.45, 7) is 0. The molecule has 0 saturated carbocycles. The van der Waals surface area contributed by atoms with Gasteiger partial charge in [-0.3, -0.25) is 0 Å². The van der Waals surface area contributed by atoms with E-state index in [0.29, 0.717) is 0 Å². The molecule has 1 heterocycles. The molecule has 9 rings (SSSR count). The summed E-state index contributed by atoms with van der Waals surface area (Å²) in [6.07, 6.45) is 0. The zero-order valence-electron chi connectivity index (χ0n) is 23.9. The molecule has 0 unspecified atom stereocenters. The lowest BCUT2D eigenvalue weighted by Gasteiger charge is -2.28. The van der Waals surface area contributed by atoms with Gasteiger partial charge in [-0.15, -0.1) is 0 Å². The molecule has 206 valence electrons. The second-order valence-electron chi connectivity index (χ2n) is 11.4. The van der Waals surface area contributed by atoms with Gasteiger partial charge >= 0.3 is 0 Å². The van der Waals surface area contributed by atoms with E-state index in [1.54, 1.807) is 0 Å². The third-order valence-corrected chi connectivity index (χ3v) is 8.80. The predicted octanol–water partition coefficient (Wildman–Crippen LogP) is 12.2. The average molecular weight is 562 g/mol. The molecule has 0 saturated heterocycles. The van der Waals surface area contributed by atoms with Crippen molar-refractivity contribution < 1.29 is 4.42 Å². The number of hydrogen-bond acceptors (Lipinski definition) is 2. The van der Waals surface area contributed by atoms with E-state index in [9.17, 15) is 0 Å². The molecule has 0 spiro atoms. The Morgan fingerprint density at radius 1 is 0.386 bits per heavy atom. The van der Waals surface area contributed by atoms with E-state index < -0.39 is 0 Å². The quantitative estimate of drug-likeness (QED) is 0.212. The van der Waals surface area contributed by atoms with Crippen LogP contribution in [-0.4, -0.2) is 0 Å². The summed E-state index contributed by atoms with van der Waals surface area (Å²) in [5, 5.41) is 9.41. The maximum atomic E-state index is 6.62. The zero-order valence-corrected chi connectivity index (χ0v) is 23.9. The first-order valence-corrected chi connectivity index (χ1v) is 15.0. The highest BCUT2D eigenvalue weighted by atomic mass is 16.3. The van der Waals surface area contributed by atoms with Crippen LogP contribution in [-0.2, 0) is 0 Å². The molecule has 1 aromatic heterocycles. The first-order valence-electron chi connectivity index (χ1n) is 15.0. The van der Waals surface area contributed by atoms with Crippen molar-refractivity contribution in [1.82, 2.24) is 0 Å². The summed E-state index contributed by atoms with van der Waals surface area (Å²) in [5.74, 6) is 0. The first kappa shape index (κ1) is 24.7. The predicted molar refractivity (Wildman–Crippen MR) is 186 cm³/mol. The minimum atomic E-state index is 0.879. The van der Waals surface area contributed by atoms with Gasteiger partial charge in [0.2, 0.25) is 0 Å². The normalized spacial score (nSPS) is 11.6. The van der Waals surface area contributed by atoms with Crippen LogP contribution in [0.15, 0.2) is 168 Å². The Balaban J connectivity index is 1.33. The zero-order chi connectivity index (χ0) is 29.0. The van der Waals surface area contributed by atoms with Gasteiger partial charge in [0.15, 0.2) is 0 Å². The lowest BCUT2D eigenvalue weighted by atomic mass is 9.99. The van der Waals surface area contributed by atoms with Crippen molar-refractivity contribution in [3.8, 4) is 11.1 Å². The van der Waals surface area contributed by atoms with Crippen LogP contribution in [0, 0.1) is 0 Å². The van der Waals surface area contributed by atoms with Crippen molar-refractivity contribution in [2.45, 2.75) is 0 Å². The van der Waals surface area contributed by atoms with Crippen LogP contribution >= 0.6 is 0 Å². The third-order valence-electron chi connectivity index (χ3n) is 8.80. The molecular formula is C42H27NO. The summed E-state index contributed by atoms with van der Waals surface area (Å²) in [4.78, 5) is 2.40. The third kappa shape index (κ3) is 3.89. The average Bonchev–Trinajstić information content (AvgIpc) is 3.49. The number of nitrogens with zero attached hydrogens (tertiary/aromatic N) is 1. The lowest BCUT2D eigenvalue weighted by Crippen LogP contribution is -2.11. The molecule has 0 N–H and O–H groups in total. The smallest absolute Gasteiger partial charge is 0.143 e. The molecule has 0 bridgehead atoms. The van der Waals surface area contributed by atoms with Crippen molar-refractivity contribution in [3.63, 3.8) is 0 Å². The van der Waals surface area contributed by atoms with E-state index in [4.69, 9.17) is 4.42 Å². The van der Waals surface area contributed by atoms with E-state index in [2.05, 4.69) is 169 Å². The Kier molecular flexibility index (Phi) is 5.54. The summed E-state index contributed by atoms with van der Waals surface area (Å²) in [6, 6.07) is 58.6. The standard InChI is InChI=1S/C42H27NO/c1-2-13-31-26-33(23-22-28(31)10-1)32-15-7-16-34(27-32)43(38-19-8-14-29-11-3-5-17-35(29)38)39-20-9-21-40-41(39)37-25-24-30-12-4-6-18-36(30)42(37)44-40/h1-27H. The maximum absolute atomic E-state index is 6.62. The van der Waals surface area contributed by atoms with Gasteiger partial charge in [-0.2, -0.15) is 0 Å². The van der Waals surface area contributed by atoms with Crippen LogP contribution in [0.5, 0.6) is 0 Å². The van der Waals surface area contributed by atoms with Gasteiger partial charge in [-0.05, 0) is 75.1 Å². The van der Waals surface area contributed by atoms with Crippen molar-refractivity contribution in [2.75, 3.05) is 4.90 Å². The minimum absolute atomic E-state index is 0.879.